The Morgan fingerprint density at radius 2 is 2.08 bits per heavy atom. The quantitative estimate of drug-likeness (QED) is 0.746. The van der Waals surface area contributed by atoms with Gasteiger partial charge in [-0.15, -0.1) is 0 Å². The summed E-state index contributed by atoms with van der Waals surface area (Å²) in [5.41, 5.74) is 1.07. The lowest BCUT2D eigenvalue weighted by Gasteiger charge is -2.06. The Morgan fingerprint density at radius 1 is 1.42 bits per heavy atom. The molecule has 0 spiro atoms. The molecular formula is C8H7Br2ClO. The molecule has 0 aromatic heterocycles. The van der Waals surface area contributed by atoms with Crippen molar-refractivity contribution >= 4 is 43.5 Å². The van der Waals surface area contributed by atoms with E-state index >= 15 is 0 Å². The van der Waals surface area contributed by atoms with Gasteiger partial charge in [-0.25, -0.2) is 0 Å². The molecule has 0 aliphatic heterocycles. The summed E-state index contributed by atoms with van der Waals surface area (Å²) in [4.78, 5) is 0. The van der Waals surface area contributed by atoms with Crippen molar-refractivity contribution in [2.45, 2.75) is 3.74 Å². The maximum Gasteiger partial charge on any atom is 0.137 e. The topological polar surface area (TPSA) is 9.23 Å². The van der Waals surface area contributed by atoms with Crippen LogP contribution in [0.15, 0.2) is 18.2 Å². The minimum Gasteiger partial charge on any atom is -0.495 e. The smallest absolute Gasteiger partial charge is 0.137 e. The van der Waals surface area contributed by atoms with Crippen molar-refractivity contribution in [1.29, 1.82) is 0 Å². The third kappa shape index (κ3) is 2.38. The molecule has 0 fully saturated rings. The van der Waals surface area contributed by atoms with E-state index in [0.29, 0.717) is 10.8 Å². The van der Waals surface area contributed by atoms with Gasteiger partial charge in [0.2, 0.25) is 0 Å². The fourth-order valence-electron chi connectivity index (χ4n) is 0.818. The van der Waals surface area contributed by atoms with E-state index in [1.54, 1.807) is 7.11 Å². The van der Waals surface area contributed by atoms with E-state index < -0.39 is 0 Å². The number of hydrogen-bond donors (Lipinski definition) is 0. The molecular weight excluding hydrogens is 307 g/mol. The lowest BCUT2D eigenvalue weighted by molar-refractivity contribution is 0.415. The van der Waals surface area contributed by atoms with Gasteiger partial charge < -0.3 is 4.74 Å². The zero-order chi connectivity index (χ0) is 9.14. The highest BCUT2D eigenvalue weighted by Gasteiger charge is 2.05. The molecule has 1 rings (SSSR count). The first-order valence-corrected chi connectivity index (χ1v) is 5.47. The van der Waals surface area contributed by atoms with Gasteiger partial charge in [-0.05, 0) is 17.7 Å². The van der Waals surface area contributed by atoms with Crippen molar-refractivity contribution in [3.8, 4) is 5.75 Å². The van der Waals surface area contributed by atoms with E-state index in [1.165, 1.54) is 0 Å². The average Bonchev–Trinajstić information content (AvgIpc) is 2.04. The van der Waals surface area contributed by atoms with Gasteiger partial charge in [0.25, 0.3) is 0 Å². The summed E-state index contributed by atoms with van der Waals surface area (Å²) in [6, 6.07) is 5.64. The van der Waals surface area contributed by atoms with Crippen LogP contribution < -0.4 is 4.74 Å². The number of hydrogen-bond acceptors (Lipinski definition) is 1. The third-order valence-electron chi connectivity index (χ3n) is 1.43. The monoisotopic (exact) mass is 312 g/mol. The maximum absolute atomic E-state index is 5.91. The van der Waals surface area contributed by atoms with Gasteiger partial charge in [0.15, 0.2) is 0 Å². The van der Waals surface area contributed by atoms with Crippen LogP contribution in [0.4, 0.5) is 0 Å². The fourth-order valence-corrected chi connectivity index (χ4v) is 1.65. The van der Waals surface area contributed by atoms with E-state index in [2.05, 4.69) is 31.9 Å². The van der Waals surface area contributed by atoms with Gasteiger partial charge in [0.1, 0.15) is 5.75 Å². The molecule has 0 amide bonds. The summed E-state index contributed by atoms with van der Waals surface area (Å²) in [7, 11) is 1.60. The second-order valence-electron chi connectivity index (χ2n) is 2.19. The van der Waals surface area contributed by atoms with Gasteiger partial charge in [0.05, 0.1) is 15.9 Å². The molecule has 0 bridgehead atoms. The minimum atomic E-state index is 0.133. The number of halogens is 3. The van der Waals surface area contributed by atoms with Crippen LogP contribution in [-0.2, 0) is 0 Å². The van der Waals surface area contributed by atoms with Crippen molar-refractivity contribution in [2.24, 2.45) is 0 Å². The van der Waals surface area contributed by atoms with Crippen molar-refractivity contribution in [3.63, 3.8) is 0 Å². The second-order valence-corrected chi connectivity index (χ2v) is 5.66. The lowest BCUT2D eigenvalue weighted by atomic mass is 10.2. The highest BCUT2D eigenvalue weighted by molar-refractivity contribution is 9.24. The Hall–Kier alpha value is 0.270. The molecule has 0 radical (unpaired) electrons. The number of benzene rings is 1. The third-order valence-corrected chi connectivity index (χ3v) is 2.78. The first-order chi connectivity index (χ1) is 5.65. The molecule has 66 valence electrons. The molecule has 0 saturated heterocycles. The number of alkyl halides is 2. The standard InChI is InChI=1S/C8H7Br2ClO/c1-12-7-3-2-5(8(9)10)4-6(7)11/h2-4,8H,1H3. The summed E-state index contributed by atoms with van der Waals surface area (Å²) >= 11 is 12.7. The normalized spacial score (nSPS) is 10.4. The van der Waals surface area contributed by atoms with E-state index in [9.17, 15) is 0 Å². The Kier molecular flexibility index (Phi) is 3.87. The van der Waals surface area contributed by atoms with E-state index in [-0.39, 0.29) is 3.74 Å². The van der Waals surface area contributed by atoms with Crippen molar-refractivity contribution in [2.75, 3.05) is 7.11 Å². The fraction of sp³-hybridized carbons (Fsp3) is 0.250. The Balaban J connectivity index is 3.02. The van der Waals surface area contributed by atoms with Crippen molar-refractivity contribution in [3.05, 3.63) is 28.8 Å². The molecule has 1 nitrogen and oxygen atoms in total. The average molecular weight is 314 g/mol. The van der Waals surface area contributed by atoms with Crippen molar-refractivity contribution < 1.29 is 4.74 Å². The van der Waals surface area contributed by atoms with Crippen LogP contribution in [0.1, 0.15) is 9.30 Å². The second kappa shape index (κ2) is 4.49. The highest BCUT2D eigenvalue weighted by Crippen LogP contribution is 2.34. The maximum atomic E-state index is 5.91. The molecule has 12 heavy (non-hydrogen) atoms. The summed E-state index contributed by atoms with van der Waals surface area (Å²) in [6.07, 6.45) is 0. The summed E-state index contributed by atoms with van der Waals surface area (Å²) in [6.45, 7) is 0. The van der Waals surface area contributed by atoms with Gasteiger partial charge in [-0.1, -0.05) is 49.5 Å². The molecule has 0 atom stereocenters. The number of ether oxygens (including phenoxy) is 1. The molecule has 0 aliphatic carbocycles. The Labute approximate surface area is 93.3 Å². The lowest BCUT2D eigenvalue weighted by Crippen LogP contribution is -1.86. The van der Waals surface area contributed by atoms with Crippen LogP contribution in [0, 0.1) is 0 Å². The van der Waals surface area contributed by atoms with Crippen LogP contribution in [0.2, 0.25) is 5.02 Å². The summed E-state index contributed by atoms with van der Waals surface area (Å²) in [5.74, 6) is 0.695. The number of rotatable bonds is 2. The Morgan fingerprint density at radius 3 is 2.50 bits per heavy atom. The molecule has 0 N–H and O–H groups in total. The molecule has 0 aliphatic rings. The summed E-state index contributed by atoms with van der Waals surface area (Å²) in [5, 5.41) is 0.624. The van der Waals surface area contributed by atoms with Crippen LogP contribution in [0.5, 0.6) is 5.75 Å². The van der Waals surface area contributed by atoms with Crippen LogP contribution in [-0.4, -0.2) is 7.11 Å². The minimum absolute atomic E-state index is 0.133. The van der Waals surface area contributed by atoms with E-state index in [4.69, 9.17) is 16.3 Å². The largest absolute Gasteiger partial charge is 0.495 e. The van der Waals surface area contributed by atoms with Crippen LogP contribution >= 0.6 is 43.5 Å². The van der Waals surface area contributed by atoms with E-state index in [0.717, 1.165) is 5.56 Å². The molecule has 0 heterocycles. The first kappa shape index (κ1) is 10.4. The van der Waals surface area contributed by atoms with Crippen LogP contribution in [0.25, 0.3) is 0 Å². The molecule has 0 unspecified atom stereocenters. The highest BCUT2D eigenvalue weighted by atomic mass is 79.9. The zero-order valence-electron chi connectivity index (χ0n) is 6.35. The first-order valence-electron chi connectivity index (χ1n) is 3.26. The van der Waals surface area contributed by atoms with Gasteiger partial charge in [-0.3, -0.25) is 0 Å². The zero-order valence-corrected chi connectivity index (χ0v) is 10.3. The van der Waals surface area contributed by atoms with Gasteiger partial charge in [0, 0.05) is 0 Å². The van der Waals surface area contributed by atoms with Gasteiger partial charge >= 0.3 is 0 Å². The summed E-state index contributed by atoms with van der Waals surface area (Å²) < 4.78 is 5.15. The predicted molar refractivity (Wildman–Crippen MR) is 58.6 cm³/mol. The molecule has 1 aromatic carbocycles. The van der Waals surface area contributed by atoms with Crippen LogP contribution in [0.3, 0.4) is 0 Å². The number of methoxy groups -OCH3 is 1. The molecule has 0 saturated carbocycles. The van der Waals surface area contributed by atoms with Gasteiger partial charge in [-0.2, -0.15) is 0 Å². The molecule has 1 aromatic rings. The van der Waals surface area contributed by atoms with Crippen molar-refractivity contribution in [1.82, 2.24) is 0 Å². The Bertz CT molecular complexity index is 276. The SMILES string of the molecule is COc1ccc(C(Br)Br)cc1Cl. The predicted octanol–water partition coefficient (Wildman–Crippen LogP) is 4.14. The van der Waals surface area contributed by atoms with E-state index in [1.807, 2.05) is 18.2 Å². The molecule has 4 heteroatoms.